The third kappa shape index (κ3) is 7.37. The van der Waals surface area contributed by atoms with E-state index in [0.717, 1.165) is 49.7 Å². The first-order chi connectivity index (χ1) is 17.6. The largest absolute Gasteiger partial charge is 0.492 e. The lowest BCUT2D eigenvalue weighted by Gasteiger charge is -2.28. The number of carbonyl (C=O) groups excluding carboxylic acids is 1. The van der Waals surface area contributed by atoms with Gasteiger partial charge in [-0.2, -0.15) is 0 Å². The van der Waals surface area contributed by atoms with E-state index in [4.69, 9.17) is 9.47 Å². The van der Waals surface area contributed by atoms with Gasteiger partial charge in [-0.3, -0.25) is 9.69 Å². The second-order valence-corrected chi connectivity index (χ2v) is 8.88. The zero-order valence-corrected chi connectivity index (χ0v) is 20.7. The van der Waals surface area contributed by atoms with Gasteiger partial charge in [0.05, 0.1) is 25.8 Å². The molecule has 7 heteroatoms. The van der Waals surface area contributed by atoms with Gasteiger partial charge in [0.1, 0.15) is 18.2 Å². The highest BCUT2D eigenvalue weighted by molar-refractivity contribution is 5.97. The van der Waals surface area contributed by atoms with Crippen molar-refractivity contribution in [2.24, 2.45) is 0 Å². The van der Waals surface area contributed by atoms with Crippen molar-refractivity contribution in [3.05, 3.63) is 95.8 Å². The SMILES string of the molecule is CN[C@@H](Cc1ccccc1)C(=O)N(Cc1ccc(F)cc1)c1cccc(OCCN2CCOCC2)c1. The van der Waals surface area contributed by atoms with Crippen molar-refractivity contribution in [2.45, 2.75) is 19.0 Å². The van der Waals surface area contributed by atoms with E-state index in [0.29, 0.717) is 25.3 Å². The summed E-state index contributed by atoms with van der Waals surface area (Å²) in [5.74, 6) is 0.349. The molecule has 0 bridgehead atoms. The highest BCUT2D eigenvalue weighted by Crippen LogP contribution is 2.25. The van der Waals surface area contributed by atoms with Crippen molar-refractivity contribution in [1.82, 2.24) is 10.2 Å². The van der Waals surface area contributed by atoms with Gasteiger partial charge in [0.15, 0.2) is 0 Å². The molecular weight excluding hydrogens is 457 g/mol. The normalized spacial score (nSPS) is 14.8. The molecule has 1 fully saturated rings. The van der Waals surface area contributed by atoms with Gasteiger partial charge >= 0.3 is 0 Å². The van der Waals surface area contributed by atoms with Crippen LogP contribution in [0.5, 0.6) is 5.75 Å². The van der Waals surface area contributed by atoms with E-state index in [-0.39, 0.29) is 11.7 Å². The van der Waals surface area contributed by atoms with Crippen molar-refractivity contribution in [2.75, 3.05) is 51.4 Å². The fourth-order valence-corrected chi connectivity index (χ4v) is 4.28. The molecule has 190 valence electrons. The number of ether oxygens (including phenoxy) is 2. The Kier molecular flexibility index (Phi) is 9.44. The van der Waals surface area contributed by atoms with E-state index < -0.39 is 6.04 Å². The van der Waals surface area contributed by atoms with E-state index in [2.05, 4.69) is 10.2 Å². The van der Waals surface area contributed by atoms with E-state index in [1.807, 2.05) is 54.6 Å². The Bertz CT molecular complexity index is 1090. The summed E-state index contributed by atoms with van der Waals surface area (Å²) >= 11 is 0. The molecule has 3 aromatic rings. The average molecular weight is 492 g/mol. The number of nitrogens with one attached hydrogen (secondary N) is 1. The van der Waals surface area contributed by atoms with Crippen LogP contribution in [-0.4, -0.2) is 63.4 Å². The van der Waals surface area contributed by atoms with Crippen LogP contribution in [0.15, 0.2) is 78.9 Å². The van der Waals surface area contributed by atoms with Crippen LogP contribution in [0.3, 0.4) is 0 Å². The molecule has 1 saturated heterocycles. The number of hydrogen-bond donors (Lipinski definition) is 1. The molecule has 0 aliphatic carbocycles. The Morgan fingerprint density at radius 3 is 2.50 bits per heavy atom. The van der Waals surface area contributed by atoms with E-state index in [1.165, 1.54) is 12.1 Å². The number of hydrogen-bond acceptors (Lipinski definition) is 5. The lowest BCUT2D eigenvalue weighted by atomic mass is 10.0. The van der Waals surface area contributed by atoms with Crippen LogP contribution in [0.25, 0.3) is 0 Å². The predicted octanol–water partition coefficient (Wildman–Crippen LogP) is 3.90. The minimum Gasteiger partial charge on any atom is -0.492 e. The quantitative estimate of drug-likeness (QED) is 0.441. The van der Waals surface area contributed by atoms with E-state index in [9.17, 15) is 9.18 Å². The van der Waals surface area contributed by atoms with E-state index >= 15 is 0 Å². The summed E-state index contributed by atoms with van der Waals surface area (Å²) in [6.45, 7) is 5.04. The van der Waals surface area contributed by atoms with Crippen molar-refractivity contribution in [3.63, 3.8) is 0 Å². The molecule has 0 spiro atoms. The van der Waals surface area contributed by atoms with Gasteiger partial charge in [-0.1, -0.05) is 48.5 Å². The minimum atomic E-state index is -0.418. The Morgan fingerprint density at radius 2 is 1.78 bits per heavy atom. The molecule has 36 heavy (non-hydrogen) atoms. The van der Waals surface area contributed by atoms with Crippen LogP contribution in [0, 0.1) is 5.82 Å². The first kappa shape index (κ1) is 25.8. The van der Waals surface area contributed by atoms with Gasteiger partial charge < -0.3 is 19.7 Å². The third-order valence-corrected chi connectivity index (χ3v) is 6.36. The van der Waals surface area contributed by atoms with Crippen molar-refractivity contribution in [3.8, 4) is 5.75 Å². The average Bonchev–Trinajstić information content (AvgIpc) is 2.92. The molecule has 0 saturated carbocycles. The standard InChI is InChI=1S/C29H34FN3O3/c1-31-28(20-23-6-3-2-4-7-23)29(34)33(22-24-10-12-25(30)13-11-24)26-8-5-9-27(21-26)36-19-16-32-14-17-35-18-15-32/h2-13,21,28,31H,14-20,22H2,1H3/t28-/m0/s1. The van der Waals surface area contributed by atoms with Gasteiger partial charge in [-0.25, -0.2) is 4.39 Å². The minimum absolute atomic E-state index is 0.0591. The number of nitrogens with zero attached hydrogens (tertiary/aromatic N) is 2. The summed E-state index contributed by atoms with van der Waals surface area (Å²) in [5, 5.41) is 3.18. The fourth-order valence-electron chi connectivity index (χ4n) is 4.28. The number of halogens is 1. The molecular formula is C29H34FN3O3. The molecule has 4 rings (SSSR count). The van der Waals surface area contributed by atoms with Gasteiger partial charge in [-0.15, -0.1) is 0 Å². The molecule has 1 atom stereocenters. The van der Waals surface area contributed by atoms with Crippen molar-refractivity contribution < 1.29 is 18.7 Å². The van der Waals surface area contributed by atoms with Gasteiger partial charge in [0, 0.05) is 31.4 Å². The Labute approximate surface area is 212 Å². The molecule has 1 N–H and O–H groups in total. The molecule has 1 amide bonds. The predicted molar refractivity (Wildman–Crippen MR) is 140 cm³/mol. The number of benzene rings is 3. The zero-order valence-electron chi connectivity index (χ0n) is 20.7. The lowest BCUT2D eigenvalue weighted by Crippen LogP contribution is -2.46. The summed E-state index contributed by atoms with van der Waals surface area (Å²) < 4.78 is 25.0. The van der Waals surface area contributed by atoms with Crippen LogP contribution in [0.4, 0.5) is 10.1 Å². The van der Waals surface area contributed by atoms with Crippen LogP contribution < -0.4 is 15.0 Å². The van der Waals surface area contributed by atoms with Gasteiger partial charge in [0.2, 0.25) is 5.91 Å². The second-order valence-electron chi connectivity index (χ2n) is 8.88. The smallest absolute Gasteiger partial charge is 0.244 e. The number of morpholine rings is 1. The molecule has 0 radical (unpaired) electrons. The number of likely N-dealkylation sites (N-methyl/N-ethyl adjacent to an activating group) is 1. The third-order valence-electron chi connectivity index (χ3n) is 6.36. The van der Waals surface area contributed by atoms with Gasteiger partial charge in [0.25, 0.3) is 0 Å². The van der Waals surface area contributed by atoms with Gasteiger partial charge in [-0.05, 0) is 48.9 Å². The summed E-state index contributed by atoms with van der Waals surface area (Å²) in [6.07, 6.45) is 0.561. The fraction of sp³-hybridized carbons (Fsp3) is 0.345. The molecule has 1 aliphatic rings. The van der Waals surface area contributed by atoms with Crippen LogP contribution in [-0.2, 0) is 22.5 Å². The van der Waals surface area contributed by atoms with Crippen LogP contribution in [0.2, 0.25) is 0 Å². The lowest BCUT2D eigenvalue weighted by molar-refractivity contribution is -0.120. The second kappa shape index (κ2) is 13.2. The summed E-state index contributed by atoms with van der Waals surface area (Å²) in [4.78, 5) is 17.9. The Balaban J connectivity index is 1.51. The highest BCUT2D eigenvalue weighted by atomic mass is 19.1. The number of amides is 1. The van der Waals surface area contributed by atoms with Crippen molar-refractivity contribution in [1.29, 1.82) is 0 Å². The van der Waals surface area contributed by atoms with Crippen LogP contribution >= 0.6 is 0 Å². The zero-order chi connectivity index (χ0) is 25.2. The number of rotatable bonds is 11. The Morgan fingerprint density at radius 1 is 1.03 bits per heavy atom. The molecule has 6 nitrogen and oxygen atoms in total. The molecule has 0 aromatic heterocycles. The monoisotopic (exact) mass is 491 g/mol. The topological polar surface area (TPSA) is 54.0 Å². The molecule has 0 unspecified atom stereocenters. The summed E-state index contributed by atoms with van der Waals surface area (Å²) in [7, 11) is 1.80. The molecule has 1 heterocycles. The Hall–Kier alpha value is -3.26. The maximum absolute atomic E-state index is 13.8. The summed E-state index contributed by atoms with van der Waals surface area (Å²) in [5.41, 5.74) is 2.66. The number of carbonyl (C=O) groups is 1. The molecule has 3 aromatic carbocycles. The first-order valence-corrected chi connectivity index (χ1v) is 12.4. The maximum atomic E-state index is 13.8. The van der Waals surface area contributed by atoms with Crippen LogP contribution in [0.1, 0.15) is 11.1 Å². The van der Waals surface area contributed by atoms with E-state index in [1.54, 1.807) is 24.1 Å². The number of anilines is 1. The first-order valence-electron chi connectivity index (χ1n) is 12.4. The highest BCUT2D eigenvalue weighted by Gasteiger charge is 2.25. The van der Waals surface area contributed by atoms with Crippen molar-refractivity contribution >= 4 is 11.6 Å². The molecule has 1 aliphatic heterocycles. The summed E-state index contributed by atoms with van der Waals surface area (Å²) in [6, 6.07) is 23.4. The maximum Gasteiger partial charge on any atom is 0.244 e.